The first-order chi connectivity index (χ1) is 11.1. The van der Waals surface area contributed by atoms with Gasteiger partial charge in [-0.1, -0.05) is 24.3 Å². The molecule has 0 saturated heterocycles. The van der Waals surface area contributed by atoms with E-state index in [4.69, 9.17) is 19.9 Å². The topological polar surface area (TPSA) is 70.8 Å². The predicted octanol–water partition coefficient (Wildman–Crippen LogP) is 3.16. The SMILES string of the molecule is COc1cc(C=Cc2ccc(OC(=O)CN)cc2)cc(OC)c1.Cl. The molecule has 0 fully saturated rings. The smallest absolute Gasteiger partial charge is 0.325 e. The van der Waals surface area contributed by atoms with Crippen LogP contribution < -0.4 is 19.9 Å². The molecule has 0 aromatic heterocycles. The van der Waals surface area contributed by atoms with Crippen molar-refractivity contribution < 1.29 is 19.0 Å². The van der Waals surface area contributed by atoms with Crippen LogP contribution in [0.25, 0.3) is 12.2 Å². The Labute approximate surface area is 147 Å². The zero-order chi connectivity index (χ0) is 16.7. The lowest BCUT2D eigenvalue weighted by Gasteiger charge is -2.06. The Kier molecular flexibility index (Phi) is 7.82. The Morgan fingerprint density at radius 2 is 1.46 bits per heavy atom. The van der Waals surface area contributed by atoms with Crippen LogP contribution in [0.15, 0.2) is 42.5 Å². The molecule has 2 rings (SSSR count). The second-order valence-corrected chi connectivity index (χ2v) is 4.73. The number of hydrogen-bond donors (Lipinski definition) is 1. The van der Waals surface area contributed by atoms with Crippen molar-refractivity contribution in [3.63, 3.8) is 0 Å². The van der Waals surface area contributed by atoms with Gasteiger partial charge in [0.05, 0.1) is 20.8 Å². The van der Waals surface area contributed by atoms with Crippen molar-refractivity contribution in [2.75, 3.05) is 20.8 Å². The zero-order valence-electron chi connectivity index (χ0n) is 13.5. The van der Waals surface area contributed by atoms with Gasteiger partial charge >= 0.3 is 5.97 Å². The Bertz CT molecular complexity index is 676. The first-order valence-electron chi connectivity index (χ1n) is 7.06. The van der Waals surface area contributed by atoms with Crippen LogP contribution in [-0.4, -0.2) is 26.7 Å². The van der Waals surface area contributed by atoms with Gasteiger partial charge in [0, 0.05) is 6.07 Å². The van der Waals surface area contributed by atoms with Crippen LogP contribution in [0, 0.1) is 0 Å². The molecular formula is C18H20ClNO4. The average Bonchev–Trinajstić information content (AvgIpc) is 2.60. The molecule has 0 bridgehead atoms. The molecule has 0 aliphatic heterocycles. The van der Waals surface area contributed by atoms with Gasteiger partial charge in [0.1, 0.15) is 17.2 Å². The van der Waals surface area contributed by atoms with Gasteiger partial charge in [0.15, 0.2) is 0 Å². The number of nitrogens with two attached hydrogens (primary N) is 1. The third-order valence-corrected chi connectivity index (χ3v) is 3.12. The van der Waals surface area contributed by atoms with Crippen LogP contribution in [0.1, 0.15) is 11.1 Å². The summed E-state index contributed by atoms with van der Waals surface area (Å²) in [5, 5.41) is 0. The number of methoxy groups -OCH3 is 2. The first kappa shape index (κ1) is 19.5. The molecule has 2 N–H and O–H groups in total. The number of hydrogen-bond acceptors (Lipinski definition) is 5. The number of ether oxygens (including phenoxy) is 3. The predicted molar refractivity (Wildman–Crippen MR) is 96.9 cm³/mol. The van der Waals surface area contributed by atoms with Crippen molar-refractivity contribution in [1.29, 1.82) is 0 Å². The van der Waals surface area contributed by atoms with E-state index in [0.29, 0.717) is 5.75 Å². The minimum Gasteiger partial charge on any atom is -0.497 e. The maximum absolute atomic E-state index is 11.1. The van der Waals surface area contributed by atoms with E-state index in [2.05, 4.69) is 0 Å². The molecule has 2 aromatic carbocycles. The first-order valence-corrected chi connectivity index (χ1v) is 7.06. The summed E-state index contributed by atoms with van der Waals surface area (Å²) in [6, 6.07) is 12.8. The van der Waals surface area contributed by atoms with E-state index in [1.807, 2.05) is 42.5 Å². The highest BCUT2D eigenvalue weighted by Crippen LogP contribution is 2.24. The highest BCUT2D eigenvalue weighted by molar-refractivity contribution is 5.85. The summed E-state index contributed by atoms with van der Waals surface area (Å²) >= 11 is 0. The third kappa shape index (κ3) is 5.61. The molecule has 0 heterocycles. The standard InChI is InChI=1S/C18H19NO4.ClH/c1-21-16-9-14(10-17(11-16)22-2)4-3-13-5-7-15(8-6-13)23-18(20)12-19;/h3-11H,12,19H2,1-2H3;1H. The third-order valence-electron chi connectivity index (χ3n) is 3.12. The largest absolute Gasteiger partial charge is 0.497 e. The van der Waals surface area contributed by atoms with Gasteiger partial charge in [-0.3, -0.25) is 4.79 Å². The Balaban J connectivity index is 0.00000288. The van der Waals surface area contributed by atoms with Gasteiger partial charge in [-0.15, -0.1) is 12.4 Å². The van der Waals surface area contributed by atoms with Crippen LogP contribution in [0.5, 0.6) is 17.2 Å². The maximum atomic E-state index is 11.1. The Hall–Kier alpha value is -2.50. The number of carbonyl (C=O) groups excluding carboxylic acids is 1. The molecule has 6 heteroatoms. The van der Waals surface area contributed by atoms with Gasteiger partial charge < -0.3 is 19.9 Å². The van der Waals surface area contributed by atoms with Gasteiger partial charge in [0.2, 0.25) is 0 Å². The molecule has 128 valence electrons. The molecule has 0 spiro atoms. The van der Waals surface area contributed by atoms with Crippen LogP contribution in [-0.2, 0) is 4.79 Å². The van der Waals surface area contributed by atoms with Gasteiger partial charge in [0.25, 0.3) is 0 Å². The van der Waals surface area contributed by atoms with Gasteiger partial charge in [-0.25, -0.2) is 0 Å². The Morgan fingerprint density at radius 1 is 0.917 bits per heavy atom. The van der Waals surface area contributed by atoms with Gasteiger partial charge in [-0.05, 0) is 35.4 Å². The number of esters is 1. The lowest BCUT2D eigenvalue weighted by molar-refractivity contribution is -0.132. The summed E-state index contributed by atoms with van der Waals surface area (Å²) in [6.45, 7) is -0.140. The number of rotatable bonds is 6. The van der Waals surface area contributed by atoms with E-state index in [1.165, 1.54) is 0 Å². The Morgan fingerprint density at radius 3 is 1.96 bits per heavy atom. The van der Waals surface area contributed by atoms with Crippen LogP contribution in [0.2, 0.25) is 0 Å². The van der Waals surface area contributed by atoms with Crippen molar-refractivity contribution in [1.82, 2.24) is 0 Å². The minimum absolute atomic E-state index is 0. The highest BCUT2D eigenvalue weighted by atomic mass is 35.5. The number of benzene rings is 2. The summed E-state index contributed by atoms with van der Waals surface area (Å²) in [7, 11) is 3.23. The van der Waals surface area contributed by atoms with Gasteiger partial charge in [-0.2, -0.15) is 0 Å². The summed E-state index contributed by atoms with van der Waals surface area (Å²) in [5.74, 6) is 1.47. The van der Waals surface area contributed by atoms with E-state index in [9.17, 15) is 4.79 Å². The van der Waals surface area contributed by atoms with E-state index in [0.717, 1.165) is 22.6 Å². The van der Waals surface area contributed by atoms with Crippen LogP contribution in [0.3, 0.4) is 0 Å². The highest BCUT2D eigenvalue weighted by Gasteiger charge is 2.01. The molecule has 0 amide bonds. The molecule has 0 radical (unpaired) electrons. The molecule has 0 saturated carbocycles. The molecule has 0 atom stereocenters. The molecule has 0 aliphatic carbocycles. The lowest BCUT2D eigenvalue weighted by atomic mass is 10.1. The fourth-order valence-electron chi connectivity index (χ4n) is 1.94. The van der Waals surface area contributed by atoms with Crippen molar-refractivity contribution in [3.8, 4) is 17.2 Å². The molecular weight excluding hydrogens is 330 g/mol. The van der Waals surface area contributed by atoms with E-state index in [-0.39, 0.29) is 19.0 Å². The maximum Gasteiger partial charge on any atom is 0.325 e. The number of carbonyl (C=O) groups is 1. The molecule has 2 aromatic rings. The molecule has 0 unspecified atom stereocenters. The second-order valence-electron chi connectivity index (χ2n) is 4.73. The van der Waals surface area contributed by atoms with Crippen molar-refractivity contribution >= 4 is 30.5 Å². The summed E-state index contributed by atoms with van der Waals surface area (Å²) in [5.41, 5.74) is 7.13. The fourth-order valence-corrected chi connectivity index (χ4v) is 1.94. The summed E-state index contributed by atoms with van der Waals surface area (Å²) in [6.07, 6.45) is 3.90. The second kappa shape index (κ2) is 9.60. The zero-order valence-corrected chi connectivity index (χ0v) is 14.3. The van der Waals surface area contributed by atoms with Crippen molar-refractivity contribution in [3.05, 3.63) is 53.6 Å². The minimum atomic E-state index is -0.461. The van der Waals surface area contributed by atoms with Crippen molar-refractivity contribution in [2.24, 2.45) is 5.73 Å². The molecule has 0 aliphatic rings. The van der Waals surface area contributed by atoms with E-state index in [1.54, 1.807) is 26.4 Å². The van der Waals surface area contributed by atoms with E-state index >= 15 is 0 Å². The van der Waals surface area contributed by atoms with Crippen LogP contribution in [0.4, 0.5) is 0 Å². The lowest BCUT2D eigenvalue weighted by Crippen LogP contribution is -2.19. The summed E-state index contributed by atoms with van der Waals surface area (Å²) < 4.78 is 15.5. The molecule has 24 heavy (non-hydrogen) atoms. The average molecular weight is 350 g/mol. The quantitative estimate of drug-likeness (QED) is 0.493. The number of halogens is 1. The summed E-state index contributed by atoms with van der Waals surface area (Å²) in [4.78, 5) is 11.1. The fraction of sp³-hybridized carbons (Fsp3) is 0.167. The van der Waals surface area contributed by atoms with Crippen LogP contribution >= 0.6 is 12.4 Å². The normalized spacial score (nSPS) is 10.1. The monoisotopic (exact) mass is 349 g/mol. The van der Waals surface area contributed by atoms with Crippen molar-refractivity contribution in [2.45, 2.75) is 0 Å². The molecule has 5 nitrogen and oxygen atoms in total. The van der Waals surface area contributed by atoms with E-state index < -0.39 is 5.97 Å².